The first-order valence-electron chi connectivity index (χ1n) is 9.14. The molecule has 0 fully saturated rings. The summed E-state index contributed by atoms with van der Waals surface area (Å²) in [7, 11) is 0. The first kappa shape index (κ1) is 19.5. The van der Waals surface area contributed by atoms with Crippen LogP contribution in [0.3, 0.4) is 0 Å². The maximum Gasteiger partial charge on any atom is 0.268 e. The lowest BCUT2D eigenvalue weighted by Crippen LogP contribution is -2.40. The average molecular weight is 382 g/mol. The smallest absolute Gasteiger partial charge is 0.268 e. The number of nitrogens with zero attached hydrogens (tertiary/aromatic N) is 2. The van der Waals surface area contributed by atoms with E-state index in [1.165, 1.54) is 17.1 Å². The number of anilines is 1. The van der Waals surface area contributed by atoms with Crippen molar-refractivity contribution in [1.82, 2.24) is 5.32 Å². The van der Waals surface area contributed by atoms with Crippen LogP contribution >= 0.6 is 0 Å². The lowest BCUT2D eigenvalue weighted by Gasteiger charge is -2.22. The van der Waals surface area contributed by atoms with Crippen molar-refractivity contribution in [2.75, 3.05) is 5.01 Å². The molecular formula is C21H23FN4O2. The summed E-state index contributed by atoms with van der Waals surface area (Å²) in [5.41, 5.74) is 7.25. The monoisotopic (exact) mass is 382 g/mol. The van der Waals surface area contributed by atoms with E-state index in [4.69, 9.17) is 5.73 Å². The van der Waals surface area contributed by atoms with Gasteiger partial charge in [-0.1, -0.05) is 44.2 Å². The number of benzene rings is 2. The highest BCUT2D eigenvalue weighted by atomic mass is 19.1. The molecule has 7 heteroatoms. The number of para-hydroxylation sites is 1. The molecule has 0 radical (unpaired) electrons. The van der Waals surface area contributed by atoms with Gasteiger partial charge in [-0.25, -0.2) is 4.39 Å². The number of hydrogen-bond acceptors (Lipinski definition) is 4. The van der Waals surface area contributed by atoms with Crippen LogP contribution in [0.25, 0.3) is 0 Å². The van der Waals surface area contributed by atoms with Crippen molar-refractivity contribution in [3.63, 3.8) is 0 Å². The number of amides is 2. The Morgan fingerprint density at radius 3 is 2.36 bits per heavy atom. The molecule has 3 N–H and O–H groups in total. The molecule has 0 aromatic heterocycles. The summed E-state index contributed by atoms with van der Waals surface area (Å²) in [6.45, 7) is 3.93. The van der Waals surface area contributed by atoms with Crippen molar-refractivity contribution in [1.29, 1.82) is 0 Å². The van der Waals surface area contributed by atoms with E-state index in [1.807, 2.05) is 32.0 Å². The molecule has 2 aromatic carbocycles. The van der Waals surface area contributed by atoms with E-state index in [1.54, 1.807) is 24.3 Å². The fraction of sp³-hybridized carbons (Fsp3) is 0.286. The molecular weight excluding hydrogens is 359 g/mol. The predicted molar refractivity (Wildman–Crippen MR) is 106 cm³/mol. The van der Waals surface area contributed by atoms with Crippen LogP contribution < -0.4 is 16.1 Å². The number of hydrazone groups is 1. The maximum atomic E-state index is 13.2. The Morgan fingerprint density at radius 1 is 1.14 bits per heavy atom. The van der Waals surface area contributed by atoms with E-state index in [0.717, 1.165) is 5.56 Å². The molecule has 2 atom stereocenters. The summed E-state index contributed by atoms with van der Waals surface area (Å²) in [5, 5.41) is 8.80. The van der Waals surface area contributed by atoms with Crippen molar-refractivity contribution in [2.45, 2.75) is 32.4 Å². The van der Waals surface area contributed by atoms with Crippen molar-refractivity contribution in [3.05, 3.63) is 66.0 Å². The topological polar surface area (TPSA) is 87.8 Å². The minimum Gasteiger partial charge on any atom is -0.368 e. The largest absolute Gasteiger partial charge is 0.368 e. The Kier molecular flexibility index (Phi) is 5.73. The third-order valence-electron chi connectivity index (χ3n) is 4.70. The van der Waals surface area contributed by atoms with E-state index in [9.17, 15) is 14.0 Å². The first-order valence-corrected chi connectivity index (χ1v) is 9.14. The summed E-state index contributed by atoms with van der Waals surface area (Å²) in [4.78, 5) is 24.7. The minimum atomic E-state index is -0.716. The molecule has 28 heavy (non-hydrogen) atoms. The van der Waals surface area contributed by atoms with Gasteiger partial charge in [-0.3, -0.25) is 14.6 Å². The second-order valence-corrected chi connectivity index (χ2v) is 7.10. The standard InChI is InChI=1S/C21H23FN4O2/c1-13(2)19(14-8-10-15(22)11-9-14)24-21(28)17-12-18(20(23)27)26(25-17)16-6-4-3-5-7-16/h3-11,13,18-19H,12H2,1-2H3,(H2,23,27)(H,24,28). The highest BCUT2D eigenvalue weighted by molar-refractivity contribution is 6.40. The molecule has 3 rings (SSSR count). The van der Waals surface area contributed by atoms with Crippen molar-refractivity contribution in [3.8, 4) is 0 Å². The molecule has 2 aromatic rings. The van der Waals surface area contributed by atoms with E-state index in [-0.39, 0.29) is 35.8 Å². The normalized spacial score (nSPS) is 17.4. The van der Waals surface area contributed by atoms with Crippen molar-refractivity contribution >= 4 is 23.2 Å². The Bertz CT molecular complexity index is 881. The van der Waals surface area contributed by atoms with Gasteiger partial charge in [0, 0.05) is 6.42 Å². The fourth-order valence-electron chi connectivity index (χ4n) is 3.22. The Labute approximate surface area is 163 Å². The molecule has 0 aliphatic carbocycles. The van der Waals surface area contributed by atoms with Crippen LogP contribution in [0.1, 0.15) is 31.9 Å². The van der Waals surface area contributed by atoms with E-state index >= 15 is 0 Å². The van der Waals surface area contributed by atoms with Crippen LogP contribution in [-0.2, 0) is 9.59 Å². The van der Waals surface area contributed by atoms with E-state index in [0.29, 0.717) is 5.69 Å². The molecule has 1 aliphatic rings. The quantitative estimate of drug-likeness (QED) is 0.805. The van der Waals surface area contributed by atoms with Crippen LogP contribution in [0.5, 0.6) is 0 Å². The first-order chi connectivity index (χ1) is 13.4. The van der Waals surface area contributed by atoms with Crippen LogP contribution in [-0.4, -0.2) is 23.6 Å². The van der Waals surface area contributed by atoms with Gasteiger partial charge in [0.05, 0.1) is 11.7 Å². The molecule has 146 valence electrons. The second kappa shape index (κ2) is 8.21. The van der Waals surface area contributed by atoms with Crippen LogP contribution in [0.2, 0.25) is 0 Å². The molecule has 2 amide bonds. The van der Waals surface area contributed by atoms with Crippen LogP contribution in [0, 0.1) is 11.7 Å². The number of nitrogens with one attached hydrogen (secondary N) is 1. The zero-order valence-corrected chi connectivity index (χ0v) is 15.8. The number of halogens is 1. The highest BCUT2D eigenvalue weighted by Crippen LogP contribution is 2.26. The van der Waals surface area contributed by atoms with Gasteiger partial charge >= 0.3 is 0 Å². The predicted octanol–water partition coefficient (Wildman–Crippen LogP) is 2.76. The SMILES string of the molecule is CC(C)C(NC(=O)C1=NN(c2ccccc2)C(C(N)=O)C1)c1ccc(F)cc1. The molecule has 0 spiro atoms. The summed E-state index contributed by atoms with van der Waals surface area (Å²) >= 11 is 0. The minimum absolute atomic E-state index is 0.0774. The van der Waals surface area contributed by atoms with Gasteiger partial charge in [0.2, 0.25) is 5.91 Å². The van der Waals surface area contributed by atoms with Crippen molar-refractivity contribution in [2.24, 2.45) is 16.8 Å². The van der Waals surface area contributed by atoms with Gasteiger partial charge < -0.3 is 11.1 Å². The van der Waals surface area contributed by atoms with E-state index in [2.05, 4.69) is 10.4 Å². The molecule has 6 nitrogen and oxygen atoms in total. The molecule has 0 saturated heterocycles. The average Bonchev–Trinajstić information content (AvgIpc) is 3.13. The van der Waals surface area contributed by atoms with E-state index < -0.39 is 11.9 Å². The number of primary amides is 1. The summed E-state index contributed by atoms with van der Waals surface area (Å²) in [6, 6.07) is 14.1. The van der Waals surface area contributed by atoms with Crippen LogP contribution in [0.15, 0.2) is 59.7 Å². The zero-order chi connectivity index (χ0) is 20.3. The third-order valence-corrected chi connectivity index (χ3v) is 4.70. The molecule has 1 heterocycles. The maximum absolute atomic E-state index is 13.2. The fourth-order valence-corrected chi connectivity index (χ4v) is 3.22. The number of nitrogens with two attached hydrogens (primary N) is 1. The highest BCUT2D eigenvalue weighted by Gasteiger charge is 2.35. The molecule has 0 saturated carbocycles. The lowest BCUT2D eigenvalue weighted by atomic mass is 9.95. The van der Waals surface area contributed by atoms with Gasteiger partial charge in [0.15, 0.2) is 0 Å². The third kappa shape index (κ3) is 4.19. The van der Waals surface area contributed by atoms with Gasteiger partial charge in [0.25, 0.3) is 5.91 Å². The van der Waals surface area contributed by atoms with Gasteiger partial charge in [-0.05, 0) is 35.7 Å². The second-order valence-electron chi connectivity index (χ2n) is 7.10. The number of carbonyl (C=O) groups excluding carboxylic acids is 2. The molecule has 2 unspecified atom stereocenters. The number of hydrogen-bond donors (Lipinski definition) is 2. The summed E-state index contributed by atoms with van der Waals surface area (Å²) < 4.78 is 13.2. The Balaban J connectivity index is 1.82. The summed E-state index contributed by atoms with van der Waals surface area (Å²) in [6.07, 6.45) is 0.129. The molecule has 0 bridgehead atoms. The van der Waals surface area contributed by atoms with Gasteiger partial charge in [0.1, 0.15) is 17.6 Å². The van der Waals surface area contributed by atoms with Crippen molar-refractivity contribution < 1.29 is 14.0 Å². The number of carbonyl (C=O) groups is 2. The summed E-state index contributed by atoms with van der Waals surface area (Å²) in [5.74, 6) is -1.17. The van der Waals surface area contributed by atoms with Crippen LogP contribution in [0.4, 0.5) is 10.1 Å². The molecule has 1 aliphatic heterocycles. The Hall–Kier alpha value is -3.22. The zero-order valence-electron chi connectivity index (χ0n) is 15.8. The van der Waals surface area contributed by atoms with Gasteiger partial charge in [-0.15, -0.1) is 0 Å². The van der Waals surface area contributed by atoms with Gasteiger partial charge in [-0.2, -0.15) is 5.10 Å². The Morgan fingerprint density at radius 2 is 1.79 bits per heavy atom. The number of rotatable bonds is 6. The lowest BCUT2D eigenvalue weighted by molar-refractivity contribution is -0.119.